The van der Waals surface area contributed by atoms with Crippen LogP contribution in [0, 0.1) is 0 Å². The molecule has 0 aliphatic heterocycles. The zero-order valence-corrected chi connectivity index (χ0v) is 16.6. The second-order valence-corrected chi connectivity index (χ2v) is 6.82. The lowest BCUT2D eigenvalue weighted by molar-refractivity contribution is -0.114. The largest absolute Gasteiger partial charge is 0.490 e. The van der Waals surface area contributed by atoms with Crippen LogP contribution in [0.25, 0.3) is 10.8 Å². The van der Waals surface area contributed by atoms with Gasteiger partial charge in [-0.3, -0.25) is 9.59 Å². The van der Waals surface area contributed by atoms with Crippen LogP contribution in [0.5, 0.6) is 5.75 Å². The van der Waals surface area contributed by atoms with Crippen LogP contribution >= 0.6 is 0 Å². The Labute approximate surface area is 169 Å². The standard InChI is InChI=1S/C23H23N3O3/c1-15(2)29-22-13-10-17-6-4-5-7-20(17)21(22)14-24-26-23(28)18-8-11-19(12-9-18)25-16(3)27/h4-15H,1-3H3,(H,25,27)(H,26,28)/b24-14-. The number of ether oxygens (including phenoxy) is 1. The van der Waals surface area contributed by atoms with Crippen molar-refractivity contribution in [3.63, 3.8) is 0 Å². The van der Waals surface area contributed by atoms with Gasteiger partial charge in [0.15, 0.2) is 0 Å². The summed E-state index contributed by atoms with van der Waals surface area (Å²) in [7, 11) is 0. The first-order chi connectivity index (χ1) is 13.9. The average Bonchev–Trinajstić information content (AvgIpc) is 2.69. The minimum atomic E-state index is -0.345. The smallest absolute Gasteiger partial charge is 0.271 e. The first-order valence-corrected chi connectivity index (χ1v) is 9.33. The molecule has 0 aliphatic rings. The fraction of sp³-hybridized carbons (Fsp3) is 0.174. The summed E-state index contributed by atoms with van der Waals surface area (Å²) in [5.74, 6) is 0.194. The number of carbonyl (C=O) groups excluding carboxylic acids is 2. The molecule has 0 unspecified atom stereocenters. The summed E-state index contributed by atoms with van der Waals surface area (Å²) in [6, 6.07) is 18.4. The summed E-state index contributed by atoms with van der Waals surface area (Å²) in [6.07, 6.45) is 1.61. The van der Waals surface area contributed by atoms with Crippen LogP contribution < -0.4 is 15.5 Å². The van der Waals surface area contributed by atoms with Gasteiger partial charge in [-0.2, -0.15) is 5.10 Å². The highest BCUT2D eigenvalue weighted by molar-refractivity contribution is 6.03. The van der Waals surface area contributed by atoms with Crippen LogP contribution in [0.15, 0.2) is 65.8 Å². The zero-order valence-electron chi connectivity index (χ0n) is 16.6. The molecule has 29 heavy (non-hydrogen) atoms. The van der Waals surface area contributed by atoms with Crippen molar-refractivity contribution in [3.8, 4) is 5.75 Å². The molecule has 0 aromatic heterocycles. The van der Waals surface area contributed by atoms with Gasteiger partial charge in [-0.25, -0.2) is 5.43 Å². The van der Waals surface area contributed by atoms with Gasteiger partial charge in [0.2, 0.25) is 5.91 Å². The molecular formula is C23H23N3O3. The normalized spacial score (nSPS) is 11.0. The molecule has 6 heteroatoms. The minimum Gasteiger partial charge on any atom is -0.490 e. The second-order valence-electron chi connectivity index (χ2n) is 6.82. The van der Waals surface area contributed by atoms with E-state index in [1.54, 1.807) is 30.5 Å². The number of hydrogen-bond acceptors (Lipinski definition) is 4. The van der Waals surface area contributed by atoms with E-state index in [0.29, 0.717) is 17.0 Å². The number of nitrogens with one attached hydrogen (secondary N) is 2. The third-order valence-corrected chi connectivity index (χ3v) is 4.12. The second kappa shape index (κ2) is 9.01. The van der Waals surface area contributed by atoms with Gasteiger partial charge in [-0.1, -0.05) is 30.3 Å². The van der Waals surface area contributed by atoms with Gasteiger partial charge in [0.25, 0.3) is 5.91 Å². The quantitative estimate of drug-likeness (QED) is 0.486. The van der Waals surface area contributed by atoms with Crippen LogP contribution in [-0.4, -0.2) is 24.1 Å². The molecule has 0 atom stereocenters. The Bertz CT molecular complexity index is 1060. The van der Waals surface area contributed by atoms with E-state index in [-0.39, 0.29) is 17.9 Å². The van der Waals surface area contributed by atoms with Crippen molar-refractivity contribution < 1.29 is 14.3 Å². The van der Waals surface area contributed by atoms with Gasteiger partial charge in [-0.15, -0.1) is 0 Å². The van der Waals surface area contributed by atoms with Gasteiger partial charge in [0.05, 0.1) is 12.3 Å². The van der Waals surface area contributed by atoms with Gasteiger partial charge < -0.3 is 10.1 Å². The molecule has 2 N–H and O–H groups in total. The predicted molar refractivity (Wildman–Crippen MR) is 116 cm³/mol. The third kappa shape index (κ3) is 5.19. The predicted octanol–water partition coefficient (Wildman–Crippen LogP) is 4.35. The first-order valence-electron chi connectivity index (χ1n) is 9.33. The molecule has 0 aliphatic carbocycles. The number of nitrogens with zero attached hydrogens (tertiary/aromatic N) is 1. The Morgan fingerprint density at radius 3 is 2.41 bits per heavy atom. The number of amides is 2. The fourth-order valence-corrected chi connectivity index (χ4v) is 2.89. The number of hydrazone groups is 1. The minimum absolute atomic E-state index is 0.0139. The molecule has 148 valence electrons. The van der Waals surface area contributed by atoms with E-state index < -0.39 is 0 Å². The maximum Gasteiger partial charge on any atom is 0.271 e. The molecule has 3 rings (SSSR count). The molecule has 0 spiro atoms. The van der Waals surface area contributed by atoms with Crippen LogP contribution in [0.3, 0.4) is 0 Å². The molecular weight excluding hydrogens is 366 g/mol. The average molecular weight is 389 g/mol. The summed E-state index contributed by atoms with van der Waals surface area (Å²) in [6.45, 7) is 5.35. The van der Waals surface area contributed by atoms with Crippen molar-refractivity contribution in [2.24, 2.45) is 5.10 Å². The van der Waals surface area contributed by atoms with Gasteiger partial charge in [0.1, 0.15) is 5.75 Å². The maximum atomic E-state index is 12.4. The van der Waals surface area contributed by atoms with Crippen LogP contribution in [0.1, 0.15) is 36.7 Å². The van der Waals surface area contributed by atoms with Crippen molar-refractivity contribution in [2.45, 2.75) is 26.9 Å². The van der Waals surface area contributed by atoms with Crippen LogP contribution in [0.2, 0.25) is 0 Å². The van der Waals surface area contributed by atoms with Crippen LogP contribution in [-0.2, 0) is 4.79 Å². The van der Waals surface area contributed by atoms with E-state index in [0.717, 1.165) is 16.3 Å². The van der Waals surface area contributed by atoms with E-state index in [9.17, 15) is 9.59 Å². The van der Waals surface area contributed by atoms with Crippen molar-refractivity contribution in [3.05, 3.63) is 71.8 Å². The topological polar surface area (TPSA) is 79.8 Å². The number of carbonyl (C=O) groups is 2. The van der Waals surface area contributed by atoms with Crippen molar-refractivity contribution in [2.75, 3.05) is 5.32 Å². The Morgan fingerprint density at radius 2 is 1.72 bits per heavy atom. The zero-order chi connectivity index (χ0) is 20.8. The summed E-state index contributed by atoms with van der Waals surface area (Å²) in [4.78, 5) is 23.4. The Kier molecular flexibility index (Phi) is 6.24. The first kappa shape index (κ1) is 20.1. The SMILES string of the molecule is CC(=O)Nc1ccc(C(=O)N/N=C\c2c(OC(C)C)ccc3ccccc23)cc1. The lowest BCUT2D eigenvalue weighted by Gasteiger charge is -2.14. The monoisotopic (exact) mass is 389 g/mol. The van der Waals surface area contributed by atoms with E-state index in [1.807, 2.05) is 50.2 Å². The number of benzene rings is 3. The van der Waals surface area contributed by atoms with E-state index in [4.69, 9.17) is 4.74 Å². The molecule has 0 saturated heterocycles. The molecule has 0 bridgehead atoms. The molecule has 2 amide bonds. The van der Waals surface area contributed by atoms with Crippen molar-refractivity contribution in [1.82, 2.24) is 5.43 Å². The molecule has 3 aromatic rings. The summed E-state index contributed by atoms with van der Waals surface area (Å²) in [5, 5.41) is 8.84. The lowest BCUT2D eigenvalue weighted by Crippen LogP contribution is -2.18. The van der Waals surface area contributed by atoms with E-state index in [1.165, 1.54) is 6.92 Å². The summed E-state index contributed by atoms with van der Waals surface area (Å²) < 4.78 is 5.90. The number of rotatable bonds is 6. The van der Waals surface area contributed by atoms with E-state index in [2.05, 4.69) is 15.8 Å². The molecule has 0 fully saturated rings. The molecule has 0 heterocycles. The molecule has 0 saturated carbocycles. The summed E-state index contributed by atoms with van der Waals surface area (Å²) >= 11 is 0. The Balaban J connectivity index is 1.79. The fourth-order valence-electron chi connectivity index (χ4n) is 2.89. The highest BCUT2D eigenvalue weighted by atomic mass is 16.5. The molecule has 0 radical (unpaired) electrons. The molecule has 6 nitrogen and oxygen atoms in total. The lowest BCUT2D eigenvalue weighted by atomic mass is 10.0. The Hall–Kier alpha value is -3.67. The maximum absolute atomic E-state index is 12.4. The highest BCUT2D eigenvalue weighted by Gasteiger charge is 2.09. The van der Waals surface area contributed by atoms with Gasteiger partial charge >= 0.3 is 0 Å². The van der Waals surface area contributed by atoms with Gasteiger partial charge in [0, 0.05) is 23.7 Å². The van der Waals surface area contributed by atoms with Crippen molar-refractivity contribution in [1.29, 1.82) is 0 Å². The highest BCUT2D eigenvalue weighted by Crippen LogP contribution is 2.27. The number of anilines is 1. The summed E-state index contributed by atoms with van der Waals surface area (Å²) in [5.41, 5.74) is 4.41. The third-order valence-electron chi connectivity index (χ3n) is 4.12. The van der Waals surface area contributed by atoms with Gasteiger partial charge in [-0.05, 0) is 55.0 Å². The van der Waals surface area contributed by atoms with E-state index >= 15 is 0 Å². The molecule has 3 aromatic carbocycles. The van der Waals surface area contributed by atoms with Crippen LogP contribution in [0.4, 0.5) is 5.69 Å². The Morgan fingerprint density at radius 1 is 1.00 bits per heavy atom. The van der Waals surface area contributed by atoms with Crippen molar-refractivity contribution >= 4 is 34.5 Å². The number of fused-ring (bicyclic) bond motifs is 1. The number of hydrogen-bond donors (Lipinski definition) is 2.